The number of carboxylic acids is 1. The SMILES string of the molecule is CC(CCNC(=O)CCn1cccn1)C(=O)O. The number of amides is 1. The molecule has 1 rings (SSSR count). The zero-order valence-corrected chi connectivity index (χ0v) is 9.80. The number of carbonyl (C=O) groups is 2. The predicted molar refractivity (Wildman–Crippen MR) is 61.3 cm³/mol. The van der Waals surface area contributed by atoms with Crippen LogP contribution in [0.15, 0.2) is 18.5 Å². The number of rotatable bonds is 7. The fraction of sp³-hybridized carbons (Fsp3) is 0.545. The van der Waals surface area contributed by atoms with Crippen LogP contribution in [0, 0.1) is 5.92 Å². The molecule has 0 fully saturated rings. The zero-order chi connectivity index (χ0) is 12.7. The fourth-order valence-electron chi connectivity index (χ4n) is 1.29. The number of hydrogen-bond acceptors (Lipinski definition) is 3. The number of aliphatic carboxylic acids is 1. The van der Waals surface area contributed by atoms with Crippen molar-refractivity contribution in [3.63, 3.8) is 0 Å². The Morgan fingerprint density at radius 3 is 2.88 bits per heavy atom. The van der Waals surface area contributed by atoms with Crippen molar-refractivity contribution < 1.29 is 14.7 Å². The molecule has 0 saturated carbocycles. The lowest BCUT2D eigenvalue weighted by atomic mass is 10.1. The number of carboxylic acid groups (broad SMARTS) is 1. The predicted octanol–water partition coefficient (Wildman–Crippen LogP) is 0.500. The van der Waals surface area contributed by atoms with Gasteiger partial charge in [-0.2, -0.15) is 5.10 Å². The average Bonchev–Trinajstić information content (AvgIpc) is 2.78. The highest BCUT2D eigenvalue weighted by molar-refractivity contribution is 5.75. The third kappa shape index (κ3) is 5.14. The Labute approximate surface area is 99.6 Å². The van der Waals surface area contributed by atoms with Gasteiger partial charge in [0.05, 0.1) is 5.92 Å². The molecule has 0 bridgehead atoms. The first-order valence-electron chi connectivity index (χ1n) is 5.56. The second-order valence-corrected chi connectivity index (χ2v) is 3.90. The van der Waals surface area contributed by atoms with E-state index in [2.05, 4.69) is 10.4 Å². The minimum atomic E-state index is -0.837. The van der Waals surface area contributed by atoms with Gasteiger partial charge >= 0.3 is 5.97 Å². The molecule has 1 heterocycles. The molecule has 0 aliphatic heterocycles. The van der Waals surface area contributed by atoms with E-state index in [-0.39, 0.29) is 5.91 Å². The van der Waals surface area contributed by atoms with Gasteiger partial charge in [-0.15, -0.1) is 0 Å². The van der Waals surface area contributed by atoms with Crippen LogP contribution in [0.5, 0.6) is 0 Å². The molecule has 0 radical (unpaired) electrons. The summed E-state index contributed by atoms with van der Waals surface area (Å²) in [6, 6.07) is 1.80. The van der Waals surface area contributed by atoms with E-state index in [1.165, 1.54) is 0 Å². The van der Waals surface area contributed by atoms with Gasteiger partial charge in [-0.3, -0.25) is 14.3 Å². The van der Waals surface area contributed by atoms with Crippen molar-refractivity contribution in [3.05, 3.63) is 18.5 Å². The number of carbonyl (C=O) groups excluding carboxylic acids is 1. The highest BCUT2D eigenvalue weighted by Gasteiger charge is 2.10. The number of nitrogens with one attached hydrogen (secondary N) is 1. The Kier molecular flexibility index (Phi) is 5.19. The Hall–Kier alpha value is -1.85. The van der Waals surface area contributed by atoms with Crippen molar-refractivity contribution in [3.8, 4) is 0 Å². The van der Waals surface area contributed by atoms with Gasteiger partial charge in [0.1, 0.15) is 0 Å². The van der Waals surface area contributed by atoms with Crippen LogP contribution in [-0.2, 0) is 16.1 Å². The second-order valence-electron chi connectivity index (χ2n) is 3.90. The van der Waals surface area contributed by atoms with E-state index >= 15 is 0 Å². The first kappa shape index (κ1) is 13.2. The van der Waals surface area contributed by atoms with Crippen molar-refractivity contribution in [1.29, 1.82) is 0 Å². The summed E-state index contributed by atoms with van der Waals surface area (Å²) in [6.07, 6.45) is 4.25. The van der Waals surface area contributed by atoms with E-state index in [0.29, 0.717) is 25.9 Å². The molecule has 17 heavy (non-hydrogen) atoms. The molecule has 0 aliphatic rings. The normalized spacial score (nSPS) is 12.1. The van der Waals surface area contributed by atoms with Crippen LogP contribution in [0.4, 0.5) is 0 Å². The van der Waals surface area contributed by atoms with E-state index in [0.717, 1.165) is 0 Å². The maximum Gasteiger partial charge on any atom is 0.306 e. The Balaban J connectivity index is 2.11. The molecule has 0 aliphatic carbocycles. The minimum Gasteiger partial charge on any atom is -0.481 e. The average molecular weight is 239 g/mol. The van der Waals surface area contributed by atoms with Crippen LogP contribution in [0.2, 0.25) is 0 Å². The monoisotopic (exact) mass is 239 g/mol. The maximum absolute atomic E-state index is 11.4. The molecule has 2 N–H and O–H groups in total. The number of aromatic nitrogens is 2. The summed E-state index contributed by atoms with van der Waals surface area (Å²) in [7, 11) is 0. The van der Waals surface area contributed by atoms with Gasteiger partial charge in [0.15, 0.2) is 0 Å². The summed E-state index contributed by atoms with van der Waals surface area (Å²) < 4.78 is 1.68. The molecule has 0 aromatic carbocycles. The quantitative estimate of drug-likeness (QED) is 0.725. The first-order valence-corrected chi connectivity index (χ1v) is 5.56. The summed E-state index contributed by atoms with van der Waals surface area (Å²) in [5.74, 6) is -1.35. The van der Waals surface area contributed by atoms with E-state index in [9.17, 15) is 9.59 Å². The molecule has 1 aromatic heterocycles. The molecule has 1 amide bonds. The van der Waals surface area contributed by atoms with Gasteiger partial charge in [-0.25, -0.2) is 0 Å². The van der Waals surface area contributed by atoms with E-state index in [4.69, 9.17) is 5.11 Å². The summed E-state index contributed by atoms with van der Waals surface area (Å²) in [6.45, 7) is 2.55. The summed E-state index contributed by atoms with van der Waals surface area (Å²) in [4.78, 5) is 21.9. The van der Waals surface area contributed by atoms with E-state index in [1.807, 2.05) is 0 Å². The summed E-state index contributed by atoms with van der Waals surface area (Å²) >= 11 is 0. The molecule has 6 heteroatoms. The molecule has 1 aromatic rings. The Bertz CT molecular complexity index is 362. The van der Waals surface area contributed by atoms with Crippen molar-refractivity contribution in [2.24, 2.45) is 5.92 Å². The van der Waals surface area contributed by atoms with Crippen molar-refractivity contribution in [2.75, 3.05) is 6.54 Å². The molecule has 6 nitrogen and oxygen atoms in total. The molecular formula is C11H17N3O3. The molecule has 1 atom stereocenters. The number of hydrogen-bond donors (Lipinski definition) is 2. The van der Waals surface area contributed by atoms with Crippen LogP contribution in [-0.4, -0.2) is 33.3 Å². The summed E-state index contributed by atoms with van der Waals surface area (Å²) in [5.41, 5.74) is 0. The van der Waals surface area contributed by atoms with Crippen LogP contribution >= 0.6 is 0 Å². The summed E-state index contributed by atoms with van der Waals surface area (Å²) in [5, 5.41) is 15.3. The number of nitrogens with zero attached hydrogens (tertiary/aromatic N) is 2. The lowest BCUT2D eigenvalue weighted by Crippen LogP contribution is -2.27. The topological polar surface area (TPSA) is 84.2 Å². The van der Waals surface area contributed by atoms with Crippen molar-refractivity contribution >= 4 is 11.9 Å². The Morgan fingerprint density at radius 1 is 1.53 bits per heavy atom. The van der Waals surface area contributed by atoms with Crippen LogP contribution in [0.3, 0.4) is 0 Å². The third-order valence-electron chi connectivity index (χ3n) is 2.45. The second kappa shape index (κ2) is 6.67. The standard InChI is InChI=1S/C11H17N3O3/c1-9(11(16)17)3-6-12-10(15)4-8-14-7-2-5-13-14/h2,5,7,9H,3-4,6,8H2,1H3,(H,12,15)(H,16,17). The van der Waals surface area contributed by atoms with Crippen LogP contribution in [0.25, 0.3) is 0 Å². The van der Waals surface area contributed by atoms with Gasteiger partial charge < -0.3 is 10.4 Å². The van der Waals surface area contributed by atoms with Gasteiger partial charge in [0.25, 0.3) is 0 Å². The lowest BCUT2D eigenvalue weighted by Gasteiger charge is -2.07. The molecular weight excluding hydrogens is 222 g/mol. The fourth-order valence-corrected chi connectivity index (χ4v) is 1.29. The van der Waals surface area contributed by atoms with E-state index in [1.54, 1.807) is 30.1 Å². The van der Waals surface area contributed by atoms with E-state index < -0.39 is 11.9 Å². The smallest absolute Gasteiger partial charge is 0.306 e. The lowest BCUT2D eigenvalue weighted by molar-refractivity contribution is -0.141. The minimum absolute atomic E-state index is 0.0851. The highest BCUT2D eigenvalue weighted by Crippen LogP contribution is 1.99. The zero-order valence-electron chi connectivity index (χ0n) is 9.80. The largest absolute Gasteiger partial charge is 0.481 e. The van der Waals surface area contributed by atoms with Gasteiger partial charge in [-0.05, 0) is 12.5 Å². The van der Waals surface area contributed by atoms with Gasteiger partial charge in [0, 0.05) is 31.9 Å². The van der Waals surface area contributed by atoms with Crippen LogP contribution < -0.4 is 5.32 Å². The first-order chi connectivity index (χ1) is 8.09. The van der Waals surface area contributed by atoms with Crippen molar-refractivity contribution in [2.45, 2.75) is 26.3 Å². The Morgan fingerprint density at radius 2 is 2.29 bits per heavy atom. The van der Waals surface area contributed by atoms with Crippen molar-refractivity contribution in [1.82, 2.24) is 15.1 Å². The maximum atomic E-state index is 11.4. The van der Waals surface area contributed by atoms with Gasteiger partial charge in [-0.1, -0.05) is 6.92 Å². The highest BCUT2D eigenvalue weighted by atomic mass is 16.4. The number of aryl methyl sites for hydroxylation is 1. The molecule has 0 spiro atoms. The molecule has 1 unspecified atom stereocenters. The third-order valence-corrected chi connectivity index (χ3v) is 2.45. The van der Waals surface area contributed by atoms with Gasteiger partial charge in [0.2, 0.25) is 5.91 Å². The molecule has 94 valence electrons. The van der Waals surface area contributed by atoms with Crippen LogP contribution in [0.1, 0.15) is 19.8 Å². The molecule has 0 saturated heterocycles.